The number of carbonyl (C=O) groups excluding carboxylic acids is 1. The van der Waals surface area contributed by atoms with Crippen molar-refractivity contribution in [2.24, 2.45) is 5.41 Å². The Morgan fingerprint density at radius 3 is 2.59 bits per heavy atom. The maximum atomic E-state index is 12.1. The van der Waals surface area contributed by atoms with E-state index in [0.29, 0.717) is 34.3 Å². The number of Topliss-reactive ketones (excluding diaryl/α,β-unsaturated/α-hetero) is 1. The van der Waals surface area contributed by atoms with Gasteiger partial charge < -0.3 is 20.4 Å². The molecule has 0 atom stereocenters. The molecule has 2 fully saturated rings. The first-order valence-corrected chi connectivity index (χ1v) is 14.2. The summed E-state index contributed by atoms with van der Waals surface area (Å²) in [5, 5.41) is 11.7. The van der Waals surface area contributed by atoms with Gasteiger partial charge in [-0.15, -0.1) is 10.2 Å². The van der Waals surface area contributed by atoms with Gasteiger partial charge in [-0.05, 0) is 67.3 Å². The Kier molecular flexibility index (Phi) is 7.71. The molecule has 3 aromatic rings. The summed E-state index contributed by atoms with van der Waals surface area (Å²) in [6.45, 7) is 11.1. The minimum Gasteiger partial charge on any atom is -0.420 e. The standard InChI is InChI=1S/C30H41N7O2/c1-20(38)22-10-9-21(17-24(22)29(2,3)4)33-28-32-18-23(26(31)34-28)27-36-35-25(39-27)11-15-37-16-14-30(19-37)12-7-5-6-8-13-30/h9-10,17-18H,5-8,11-16,19H2,1-4H3,(H3,31,32,33,34). The third-order valence-corrected chi connectivity index (χ3v) is 8.30. The van der Waals surface area contributed by atoms with Crippen LogP contribution in [0.15, 0.2) is 28.8 Å². The van der Waals surface area contributed by atoms with Crippen LogP contribution in [-0.2, 0) is 11.8 Å². The highest BCUT2D eigenvalue weighted by Gasteiger charge is 2.37. The lowest BCUT2D eigenvalue weighted by atomic mass is 9.80. The first kappa shape index (κ1) is 27.2. The van der Waals surface area contributed by atoms with Crippen molar-refractivity contribution in [3.63, 3.8) is 0 Å². The van der Waals surface area contributed by atoms with Crippen molar-refractivity contribution in [1.82, 2.24) is 25.1 Å². The van der Waals surface area contributed by atoms with Crippen molar-refractivity contribution in [1.29, 1.82) is 0 Å². The molecule has 208 valence electrons. The average molecular weight is 532 g/mol. The molecule has 39 heavy (non-hydrogen) atoms. The highest BCUT2D eigenvalue weighted by molar-refractivity contribution is 5.96. The van der Waals surface area contributed by atoms with Crippen molar-refractivity contribution >= 4 is 23.2 Å². The van der Waals surface area contributed by atoms with Crippen molar-refractivity contribution in [3.05, 3.63) is 41.4 Å². The molecule has 3 heterocycles. The molecule has 1 aromatic carbocycles. The molecule has 3 N–H and O–H groups in total. The fourth-order valence-electron chi connectivity index (χ4n) is 6.12. The van der Waals surface area contributed by atoms with E-state index in [9.17, 15) is 4.79 Å². The number of anilines is 3. The molecule has 0 radical (unpaired) electrons. The Bertz CT molecular complexity index is 1320. The lowest BCUT2D eigenvalue weighted by molar-refractivity contribution is 0.101. The number of nitrogens with two attached hydrogens (primary N) is 1. The SMILES string of the molecule is CC(=O)c1ccc(Nc2ncc(-c3nnc(CCN4CCC5(CCCCCC5)C4)o3)c(N)n2)cc1C(C)(C)C. The van der Waals surface area contributed by atoms with Crippen LogP contribution >= 0.6 is 0 Å². The van der Waals surface area contributed by atoms with E-state index in [-0.39, 0.29) is 17.0 Å². The second-order valence-electron chi connectivity index (χ2n) is 12.4. The first-order chi connectivity index (χ1) is 18.6. The van der Waals surface area contributed by atoms with E-state index in [1.807, 2.05) is 18.2 Å². The van der Waals surface area contributed by atoms with E-state index < -0.39 is 0 Å². The third kappa shape index (κ3) is 6.30. The van der Waals surface area contributed by atoms with Gasteiger partial charge in [0.05, 0.1) is 5.56 Å². The smallest absolute Gasteiger partial charge is 0.253 e. The summed E-state index contributed by atoms with van der Waals surface area (Å²) in [5.74, 6) is 1.59. The molecule has 0 unspecified atom stereocenters. The normalized spacial score (nSPS) is 17.8. The monoisotopic (exact) mass is 531 g/mol. The van der Waals surface area contributed by atoms with Crippen molar-refractivity contribution < 1.29 is 9.21 Å². The van der Waals surface area contributed by atoms with Crippen LogP contribution in [-0.4, -0.2) is 50.5 Å². The molecule has 1 spiro atoms. The Balaban J connectivity index is 1.22. The van der Waals surface area contributed by atoms with Crippen LogP contribution in [0.1, 0.15) is 94.5 Å². The zero-order valence-corrected chi connectivity index (χ0v) is 23.7. The first-order valence-electron chi connectivity index (χ1n) is 14.2. The minimum atomic E-state index is -0.191. The van der Waals surface area contributed by atoms with Gasteiger partial charge in [-0.2, -0.15) is 4.98 Å². The van der Waals surface area contributed by atoms with Gasteiger partial charge >= 0.3 is 0 Å². The highest BCUT2D eigenvalue weighted by atomic mass is 16.4. The van der Waals surface area contributed by atoms with Crippen LogP contribution in [0.4, 0.5) is 17.5 Å². The largest absolute Gasteiger partial charge is 0.420 e. The van der Waals surface area contributed by atoms with Crippen LogP contribution in [0.25, 0.3) is 11.5 Å². The molecular formula is C30H41N7O2. The quantitative estimate of drug-likeness (QED) is 0.356. The number of rotatable bonds is 7. The molecule has 1 aliphatic carbocycles. The molecule has 1 saturated carbocycles. The van der Waals surface area contributed by atoms with Crippen molar-refractivity contribution in [3.8, 4) is 11.5 Å². The molecule has 9 nitrogen and oxygen atoms in total. The number of nitrogens with one attached hydrogen (secondary N) is 1. The van der Waals surface area contributed by atoms with E-state index in [0.717, 1.165) is 30.8 Å². The second kappa shape index (κ2) is 11.0. The Morgan fingerprint density at radius 1 is 1.13 bits per heavy atom. The zero-order chi connectivity index (χ0) is 27.6. The lowest BCUT2D eigenvalue weighted by Crippen LogP contribution is -2.28. The van der Waals surface area contributed by atoms with E-state index >= 15 is 0 Å². The highest BCUT2D eigenvalue weighted by Crippen LogP contribution is 2.42. The van der Waals surface area contributed by atoms with Gasteiger partial charge in [-0.3, -0.25) is 4.79 Å². The third-order valence-electron chi connectivity index (χ3n) is 8.30. The summed E-state index contributed by atoms with van der Waals surface area (Å²) in [6.07, 6.45) is 11.9. The number of benzene rings is 1. The number of nitrogen functional groups attached to an aromatic ring is 1. The summed E-state index contributed by atoms with van der Waals surface area (Å²) >= 11 is 0. The maximum Gasteiger partial charge on any atom is 0.253 e. The summed E-state index contributed by atoms with van der Waals surface area (Å²) in [7, 11) is 0. The lowest BCUT2D eigenvalue weighted by Gasteiger charge is -2.27. The van der Waals surface area contributed by atoms with Gasteiger partial charge in [0.2, 0.25) is 11.8 Å². The van der Waals surface area contributed by atoms with Crippen LogP contribution in [0.3, 0.4) is 0 Å². The molecular weight excluding hydrogens is 490 g/mol. The topological polar surface area (TPSA) is 123 Å². The van der Waals surface area contributed by atoms with Crippen molar-refractivity contribution in [2.75, 3.05) is 30.7 Å². The van der Waals surface area contributed by atoms with Gasteiger partial charge in [0.25, 0.3) is 5.89 Å². The van der Waals surface area contributed by atoms with Crippen LogP contribution in [0.2, 0.25) is 0 Å². The Morgan fingerprint density at radius 2 is 1.90 bits per heavy atom. The average Bonchev–Trinajstić information content (AvgIpc) is 3.44. The Labute approximate surface area is 231 Å². The summed E-state index contributed by atoms with van der Waals surface area (Å²) in [6, 6.07) is 5.65. The number of likely N-dealkylation sites (tertiary alicyclic amines) is 1. The molecule has 0 amide bonds. The van der Waals surface area contributed by atoms with Gasteiger partial charge in [-0.25, -0.2) is 4.98 Å². The number of hydrogen-bond donors (Lipinski definition) is 2. The molecule has 0 bridgehead atoms. The maximum absolute atomic E-state index is 12.1. The van der Waals surface area contributed by atoms with Crippen LogP contribution < -0.4 is 11.1 Å². The molecule has 1 aliphatic heterocycles. The second-order valence-corrected chi connectivity index (χ2v) is 12.4. The summed E-state index contributed by atoms with van der Waals surface area (Å²) in [5.41, 5.74) is 9.58. The summed E-state index contributed by atoms with van der Waals surface area (Å²) in [4.78, 5) is 23.5. The molecule has 9 heteroatoms. The predicted octanol–water partition coefficient (Wildman–Crippen LogP) is 5.94. The van der Waals surface area contributed by atoms with E-state index in [1.165, 1.54) is 51.5 Å². The van der Waals surface area contributed by atoms with Crippen LogP contribution in [0.5, 0.6) is 0 Å². The number of aromatic nitrogens is 4. The van der Waals surface area contributed by atoms with Crippen molar-refractivity contribution in [2.45, 2.75) is 84.5 Å². The van der Waals surface area contributed by atoms with Crippen LogP contribution in [0, 0.1) is 5.41 Å². The van der Waals surface area contributed by atoms with E-state index in [2.05, 4.69) is 51.2 Å². The van der Waals surface area contributed by atoms with Gasteiger partial charge in [0.15, 0.2) is 5.78 Å². The van der Waals surface area contributed by atoms with E-state index in [4.69, 9.17) is 10.2 Å². The summed E-state index contributed by atoms with van der Waals surface area (Å²) < 4.78 is 5.95. The molecule has 5 rings (SSSR count). The number of hydrogen-bond acceptors (Lipinski definition) is 9. The van der Waals surface area contributed by atoms with Gasteiger partial charge in [0, 0.05) is 37.0 Å². The number of carbonyl (C=O) groups is 1. The predicted molar refractivity (Wildman–Crippen MR) is 153 cm³/mol. The minimum absolute atomic E-state index is 0.0409. The fraction of sp³-hybridized carbons (Fsp3) is 0.567. The molecule has 1 saturated heterocycles. The zero-order valence-electron chi connectivity index (χ0n) is 23.7. The van der Waals surface area contributed by atoms with E-state index in [1.54, 1.807) is 13.1 Å². The fourth-order valence-corrected chi connectivity index (χ4v) is 6.12. The number of ketones is 1. The van der Waals surface area contributed by atoms with Gasteiger partial charge in [-0.1, -0.05) is 46.5 Å². The van der Waals surface area contributed by atoms with Gasteiger partial charge in [0.1, 0.15) is 5.82 Å². The molecule has 2 aromatic heterocycles. The Hall–Kier alpha value is -3.33. The number of nitrogens with zero attached hydrogens (tertiary/aromatic N) is 5. The molecule has 2 aliphatic rings.